The lowest BCUT2D eigenvalue weighted by Crippen LogP contribution is -2.43. The van der Waals surface area contributed by atoms with Crippen LogP contribution in [0.5, 0.6) is 0 Å². The lowest BCUT2D eigenvalue weighted by Gasteiger charge is -2.12. The van der Waals surface area contributed by atoms with Crippen LogP contribution in [0.1, 0.15) is 10.4 Å². The van der Waals surface area contributed by atoms with Gasteiger partial charge in [0, 0.05) is 18.7 Å². The molecule has 2 aromatic carbocycles. The van der Waals surface area contributed by atoms with E-state index in [0.717, 1.165) is 6.07 Å². The fraction of sp³-hybridized carbons (Fsp3) is 0.0667. The molecular weight excluding hydrogens is 349 g/mol. The van der Waals surface area contributed by atoms with Crippen molar-refractivity contribution in [1.29, 1.82) is 0 Å². The first-order valence-electron chi connectivity index (χ1n) is 7.00. The molecule has 25 heavy (non-hydrogen) atoms. The maximum Gasteiger partial charge on any atom is 0.293 e. The number of para-hydroxylation sites is 1. The molecule has 2 aromatic rings. The number of nitro benzene ring substituents is 1. The predicted octanol–water partition coefficient (Wildman–Crippen LogP) is 2.41. The Morgan fingerprint density at radius 1 is 1.16 bits per heavy atom. The summed E-state index contributed by atoms with van der Waals surface area (Å²) in [6, 6.07) is 9.86. The van der Waals surface area contributed by atoms with Crippen molar-refractivity contribution in [3.05, 3.63) is 64.0 Å². The van der Waals surface area contributed by atoms with Gasteiger partial charge in [-0.2, -0.15) is 0 Å². The molecule has 0 fully saturated rings. The molecule has 0 spiro atoms. The number of nitro groups is 1. The van der Waals surface area contributed by atoms with Crippen molar-refractivity contribution in [2.75, 3.05) is 17.7 Å². The minimum Gasteiger partial charge on any atom is -0.383 e. The highest BCUT2D eigenvalue weighted by Crippen LogP contribution is 2.24. The number of carbonyl (C=O) groups is 1. The summed E-state index contributed by atoms with van der Waals surface area (Å²) in [6.07, 6.45) is 0. The summed E-state index contributed by atoms with van der Waals surface area (Å²) in [7, 11) is 1.54. The molecule has 0 aromatic heterocycles. The third-order valence-electron chi connectivity index (χ3n) is 3.14. The zero-order valence-corrected chi connectivity index (χ0v) is 13.8. The number of hydrazine groups is 1. The summed E-state index contributed by atoms with van der Waals surface area (Å²) >= 11 is 4.95. The van der Waals surface area contributed by atoms with Crippen LogP contribution in [0.4, 0.5) is 21.5 Å². The van der Waals surface area contributed by atoms with Gasteiger partial charge in [0.25, 0.3) is 11.6 Å². The SMILES string of the molecule is CNc1ccc(C(=O)NNC(=S)Nc2ccccc2F)cc1[N+](=O)[O-]. The first-order valence-corrected chi connectivity index (χ1v) is 7.41. The number of rotatable bonds is 4. The highest BCUT2D eigenvalue weighted by atomic mass is 32.1. The first-order chi connectivity index (χ1) is 11.9. The molecule has 4 N–H and O–H groups in total. The summed E-state index contributed by atoms with van der Waals surface area (Å²) in [6.45, 7) is 0. The normalized spacial score (nSPS) is 9.84. The second-order valence-corrected chi connectivity index (χ2v) is 5.16. The summed E-state index contributed by atoms with van der Waals surface area (Å²) < 4.78 is 13.5. The van der Waals surface area contributed by atoms with E-state index in [1.165, 1.54) is 37.4 Å². The van der Waals surface area contributed by atoms with Crippen molar-refractivity contribution in [1.82, 2.24) is 10.9 Å². The molecule has 0 radical (unpaired) electrons. The monoisotopic (exact) mass is 363 g/mol. The highest BCUT2D eigenvalue weighted by Gasteiger charge is 2.17. The summed E-state index contributed by atoms with van der Waals surface area (Å²) in [5.41, 5.74) is 4.94. The van der Waals surface area contributed by atoms with Gasteiger partial charge in [-0.15, -0.1) is 0 Å². The van der Waals surface area contributed by atoms with Crippen LogP contribution in [0.15, 0.2) is 42.5 Å². The van der Waals surface area contributed by atoms with Crippen molar-refractivity contribution in [3.8, 4) is 0 Å². The maximum absolute atomic E-state index is 13.5. The third kappa shape index (κ3) is 4.61. The van der Waals surface area contributed by atoms with Gasteiger partial charge in [-0.05, 0) is 36.5 Å². The highest BCUT2D eigenvalue weighted by molar-refractivity contribution is 7.80. The quantitative estimate of drug-likeness (QED) is 0.375. The zero-order chi connectivity index (χ0) is 18.4. The Kier molecular flexibility index (Phi) is 5.79. The molecular formula is C15H14FN5O3S. The topological polar surface area (TPSA) is 108 Å². The molecule has 0 unspecified atom stereocenters. The second kappa shape index (κ2) is 8.02. The summed E-state index contributed by atoms with van der Waals surface area (Å²) in [4.78, 5) is 22.5. The van der Waals surface area contributed by atoms with E-state index >= 15 is 0 Å². The van der Waals surface area contributed by atoms with Gasteiger partial charge < -0.3 is 10.6 Å². The minimum atomic E-state index is -0.636. The molecule has 0 atom stereocenters. The largest absolute Gasteiger partial charge is 0.383 e. The van der Waals surface area contributed by atoms with E-state index in [4.69, 9.17) is 12.2 Å². The second-order valence-electron chi connectivity index (χ2n) is 4.75. The smallest absolute Gasteiger partial charge is 0.293 e. The molecule has 0 saturated heterocycles. The van der Waals surface area contributed by atoms with Gasteiger partial charge in [0.1, 0.15) is 11.5 Å². The molecule has 8 nitrogen and oxygen atoms in total. The molecule has 10 heteroatoms. The van der Waals surface area contributed by atoms with E-state index in [9.17, 15) is 19.3 Å². The lowest BCUT2D eigenvalue weighted by atomic mass is 10.1. The molecule has 130 valence electrons. The average Bonchev–Trinajstić information content (AvgIpc) is 2.61. The number of benzene rings is 2. The Morgan fingerprint density at radius 2 is 1.88 bits per heavy atom. The number of nitrogens with zero attached hydrogens (tertiary/aromatic N) is 1. The summed E-state index contributed by atoms with van der Waals surface area (Å²) in [5.74, 6) is -1.14. The van der Waals surface area contributed by atoms with Crippen LogP contribution in [0.25, 0.3) is 0 Å². The van der Waals surface area contributed by atoms with Crippen LogP contribution < -0.4 is 21.5 Å². The molecule has 0 saturated carbocycles. The third-order valence-corrected chi connectivity index (χ3v) is 3.34. The Bertz CT molecular complexity index is 831. The number of amides is 1. The van der Waals surface area contributed by atoms with E-state index in [-0.39, 0.29) is 27.7 Å². The van der Waals surface area contributed by atoms with E-state index < -0.39 is 16.6 Å². The Labute approximate surface area is 147 Å². The minimum absolute atomic E-state index is 0.0419. The van der Waals surface area contributed by atoms with E-state index in [0.29, 0.717) is 0 Å². The van der Waals surface area contributed by atoms with Gasteiger partial charge in [-0.3, -0.25) is 25.8 Å². The number of hydrogen-bond donors (Lipinski definition) is 4. The van der Waals surface area contributed by atoms with E-state index in [2.05, 4.69) is 21.5 Å². The molecule has 0 bridgehead atoms. The Hall–Kier alpha value is -3.27. The fourth-order valence-electron chi connectivity index (χ4n) is 1.94. The zero-order valence-electron chi connectivity index (χ0n) is 13.0. The molecule has 1 amide bonds. The Morgan fingerprint density at radius 3 is 2.52 bits per heavy atom. The first kappa shape index (κ1) is 18.1. The van der Waals surface area contributed by atoms with E-state index in [1.54, 1.807) is 6.07 Å². The van der Waals surface area contributed by atoms with Gasteiger partial charge in [0.05, 0.1) is 10.6 Å². The Balaban J connectivity index is 2.00. The van der Waals surface area contributed by atoms with Crippen LogP contribution in [0.2, 0.25) is 0 Å². The molecule has 0 heterocycles. The number of anilines is 2. The molecule has 0 aliphatic rings. The van der Waals surface area contributed by atoms with Crippen molar-refractivity contribution >= 4 is 40.3 Å². The molecule has 0 aliphatic heterocycles. The van der Waals surface area contributed by atoms with Gasteiger partial charge in [0.15, 0.2) is 5.11 Å². The van der Waals surface area contributed by atoms with Crippen LogP contribution in [0.3, 0.4) is 0 Å². The number of halogens is 1. The number of nitrogens with one attached hydrogen (secondary N) is 4. The van der Waals surface area contributed by atoms with Crippen LogP contribution in [0, 0.1) is 15.9 Å². The fourth-order valence-corrected chi connectivity index (χ4v) is 2.10. The number of hydrogen-bond acceptors (Lipinski definition) is 5. The van der Waals surface area contributed by atoms with Crippen LogP contribution in [-0.2, 0) is 0 Å². The van der Waals surface area contributed by atoms with Gasteiger partial charge >= 0.3 is 0 Å². The average molecular weight is 363 g/mol. The van der Waals surface area contributed by atoms with Crippen LogP contribution >= 0.6 is 12.2 Å². The van der Waals surface area contributed by atoms with Gasteiger partial charge in [0.2, 0.25) is 0 Å². The van der Waals surface area contributed by atoms with Gasteiger partial charge in [-0.1, -0.05) is 12.1 Å². The van der Waals surface area contributed by atoms with E-state index in [1.807, 2.05) is 0 Å². The lowest BCUT2D eigenvalue weighted by molar-refractivity contribution is -0.384. The van der Waals surface area contributed by atoms with Crippen molar-refractivity contribution in [2.45, 2.75) is 0 Å². The van der Waals surface area contributed by atoms with Crippen LogP contribution in [-0.4, -0.2) is 23.0 Å². The van der Waals surface area contributed by atoms with Crippen molar-refractivity contribution < 1.29 is 14.1 Å². The number of carbonyl (C=O) groups excluding carboxylic acids is 1. The maximum atomic E-state index is 13.5. The van der Waals surface area contributed by atoms with Crippen molar-refractivity contribution in [2.24, 2.45) is 0 Å². The molecule has 2 rings (SSSR count). The van der Waals surface area contributed by atoms with Crippen molar-refractivity contribution in [3.63, 3.8) is 0 Å². The number of thiocarbonyl (C=S) groups is 1. The summed E-state index contributed by atoms with van der Waals surface area (Å²) in [5, 5.41) is 16.2. The predicted molar refractivity (Wildman–Crippen MR) is 95.9 cm³/mol. The molecule has 0 aliphatic carbocycles. The van der Waals surface area contributed by atoms with Gasteiger partial charge in [-0.25, -0.2) is 4.39 Å². The standard InChI is InChI=1S/C15H14FN5O3S/c1-17-12-7-6-9(8-13(12)21(23)24)14(22)19-20-15(25)18-11-5-3-2-4-10(11)16/h2-8,17H,1H3,(H,19,22)(H2,18,20,25).